The van der Waals surface area contributed by atoms with Gasteiger partial charge in [0, 0.05) is 31.9 Å². The largest absolute Gasteiger partial charge is 0.378 e. The second kappa shape index (κ2) is 10.3. The molecule has 0 saturated carbocycles. The molecule has 4 rings (SSSR count). The van der Waals surface area contributed by atoms with Gasteiger partial charge < -0.3 is 20.3 Å². The number of hydrogen-bond acceptors (Lipinski definition) is 6. The van der Waals surface area contributed by atoms with Gasteiger partial charge in [-0.05, 0) is 43.2 Å². The van der Waals surface area contributed by atoms with Gasteiger partial charge in [0.15, 0.2) is 0 Å². The van der Waals surface area contributed by atoms with Gasteiger partial charge in [0.1, 0.15) is 0 Å². The second-order valence-corrected chi connectivity index (χ2v) is 9.95. The molecule has 9 heteroatoms. The van der Waals surface area contributed by atoms with E-state index in [0.717, 1.165) is 24.9 Å². The van der Waals surface area contributed by atoms with E-state index in [9.17, 15) is 13.2 Å². The first-order chi connectivity index (χ1) is 15.5. The lowest BCUT2D eigenvalue weighted by atomic mass is 10.2. The third-order valence-corrected chi connectivity index (χ3v) is 7.66. The summed E-state index contributed by atoms with van der Waals surface area (Å²) < 4.78 is 33.4. The fraction of sp³-hybridized carbons (Fsp3) is 0.435. The molecule has 0 atom stereocenters. The highest BCUT2D eigenvalue weighted by molar-refractivity contribution is 7.89. The number of amides is 1. The maximum Gasteiger partial charge on any atom is 0.243 e. The lowest BCUT2D eigenvalue weighted by molar-refractivity contribution is -0.114. The van der Waals surface area contributed by atoms with E-state index in [1.54, 1.807) is 16.4 Å². The van der Waals surface area contributed by atoms with E-state index in [1.165, 1.54) is 0 Å². The van der Waals surface area contributed by atoms with Crippen LogP contribution < -0.4 is 15.5 Å². The van der Waals surface area contributed by atoms with Crippen LogP contribution in [0.1, 0.15) is 19.3 Å². The monoisotopic (exact) mass is 458 g/mol. The van der Waals surface area contributed by atoms with Crippen LogP contribution in [0.2, 0.25) is 0 Å². The Kier molecular flexibility index (Phi) is 7.29. The Morgan fingerprint density at radius 3 is 2.38 bits per heavy atom. The minimum absolute atomic E-state index is 0.0272. The fourth-order valence-electron chi connectivity index (χ4n) is 4.05. The molecule has 2 aromatic rings. The van der Waals surface area contributed by atoms with Gasteiger partial charge in [-0.2, -0.15) is 4.31 Å². The van der Waals surface area contributed by atoms with E-state index in [4.69, 9.17) is 4.74 Å². The van der Waals surface area contributed by atoms with Gasteiger partial charge in [-0.3, -0.25) is 4.79 Å². The van der Waals surface area contributed by atoms with Crippen molar-refractivity contribution >= 4 is 33.0 Å². The summed E-state index contributed by atoms with van der Waals surface area (Å²) in [5, 5.41) is 6.01. The molecule has 172 valence electrons. The minimum Gasteiger partial charge on any atom is -0.378 e. The zero-order valence-electron chi connectivity index (χ0n) is 18.1. The Bertz CT molecular complexity index is 1020. The molecule has 2 aliphatic rings. The number of para-hydroxylation sites is 1. The van der Waals surface area contributed by atoms with Crippen LogP contribution in [0.4, 0.5) is 17.1 Å². The first kappa shape index (κ1) is 22.6. The van der Waals surface area contributed by atoms with Crippen molar-refractivity contribution < 1.29 is 17.9 Å². The van der Waals surface area contributed by atoms with Crippen LogP contribution in [0.5, 0.6) is 0 Å². The number of anilines is 3. The predicted molar refractivity (Wildman–Crippen MR) is 126 cm³/mol. The third-order valence-electron chi connectivity index (χ3n) is 5.77. The van der Waals surface area contributed by atoms with Crippen molar-refractivity contribution in [1.82, 2.24) is 4.31 Å². The quantitative estimate of drug-likeness (QED) is 0.663. The van der Waals surface area contributed by atoms with E-state index in [0.29, 0.717) is 50.8 Å². The molecule has 2 aliphatic heterocycles. The third kappa shape index (κ3) is 5.40. The molecule has 2 heterocycles. The highest BCUT2D eigenvalue weighted by Crippen LogP contribution is 2.31. The van der Waals surface area contributed by atoms with Crippen molar-refractivity contribution in [3.05, 3.63) is 48.5 Å². The van der Waals surface area contributed by atoms with E-state index in [-0.39, 0.29) is 17.3 Å². The van der Waals surface area contributed by atoms with Crippen LogP contribution in [-0.2, 0) is 19.6 Å². The highest BCUT2D eigenvalue weighted by Gasteiger charge is 2.27. The number of benzene rings is 2. The van der Waals surface area contributed by atoms with Crippen molar-refractivity contribution in [2.75, 3.05) is 61.5 Å². The zero-order chi connectivity index (χ0) is 22.4. The lowest BCUT2D eigenvalue weighted by Gasteiger charge is -2.31. The molecule has 0 radical (unpaired) electrons. The molecule has 0 unspecified atom stereocenters. The molecule has 0 spiro atoms. The Labute approximate surface area is 189 Å². The van der Waals surface area contributed by atoms with Gasteiger partial charge in [0.05, 0.1) is 36.0 Å². The molecule has 2 aromatic carbocycles. The molecular weight excluding hydrogens is 428 g/mol. The molecule has 0 aliphatic carbocycles. The van der Waals surface area contributed by atoms with Crippen LogP contribution in [0.25, 0.3) is 0 Å². The molecule has 8 nitrogen and oxygen atoms in total. The molecule has 0 aromatic heterocycles. The number of morpholine rings is 1. The van der Waals surface area contributed by atoms with E-state index >= 15 is 0 Å². The van der Waals surface area contributed by atoms with Crippen molar-refractivity contribution in [2.45, 2.75) is 24.2 Å². The number of carbonyl (C=O) groups excluding carboxylic acids is 1. The van der Waals surface area contributed by atoms with E-state index in [2.05, 4.69) is 15.5 Å². The maximum absolute atomic E-state index is 13.2. The van der Waals surface area contributed by atoms with E-state index < -0.39 is 10.0 Å². The van der Waals surface area contributed by atoms with Gasteiger partial charge in [0.25, 0.3) is 0 Å². The van der Waals surface area contributed by atoms with Gasteiger partial charge in [-0.15, -0.1) is 0 Å². The fourth-order valence-corrected chi connectivity index (χ4v) is 5.60. The summed E-state index contributed by atoms with van der Waals surface area (Å²) in [5.74, 6) is -0.201. The lowest BCUT2D eigenvalue weighted by Crippen LogP contribution is -2.37. The molecule has 32 heavy (non-hydrogen) atoms. The number of carbonyl (C=O) groups is 1. The zero-order valence-corrected chi connectivity index (χ0v) is 18.9. The Balaban J connectivity index is 1.55. The average molecular weight is 459 g/mol. The smallest absolute Gasteiger partial charge is 0.243 e. The maximum atomic E-state index is 13.2. The van der Waals surface area contributed by atoms with Gasteiger partial charge in [0.2, 0.25) is 15.9 Å². The van der Waals surface area contributed by atoms with E-state index in [1.807, 2.05) is 36.4 Å². The summed E-state index contributed by atoms with van der Waals surface area (Å²) in [4.78, 5) is 14.9. The van der Waals surface area contributed by atoms with Crippen LogP contribution >= 0.6 is 0 Å². The first-order valence-electron chi connectivity index (χ1n) is 11.1. The molecule has 2 N–H and O–H groups in total. The standard InChI is InChI=1S/C23H30N4O4S/c28-23(25-19-7-3-1-4-8-19)18-24-21-17-20(32(29,30)27-11-5-2-6-12-27)9-10-22(21)26-13-15-31-16-14-26/h1,3-4,7-10,17,24H,2,5-6,11-16,18H2,(H,25,28). The summed E-state index contributed by atoms with van der Waals surface area (Å²) in [6, 6.07) is 14.4. The van der Waals surface area contributed by atoms with Crippen molar-refractivity contribution in [3.63, 3.8) is 0 Å². The SMILES string of the molecule is O=C(CNc1cc(S(=O)(=O)N2CCCCC2)ccc1N1CCOCC1)Nc1ccccc1. The molecule has 0 bridgehead atoms. The van der Waals surface area contributed by atoms with Gasteiger partial charge in [-0.25, -0.2) is 8.42 Å². The Morgan fingerprint density at radius 1 is 0.938 bits per heavy atom. The predicted octanol–water partition coefficient (Wildman–Crippen LogP) is 2.75. The Hall–Kier alpha value is -2.62. The number of sulfonamides is 1. The molecular formula is C23H30N4O4S. The Morgan fingerprint density at radius 2 is 1.66 bits per heavy atom. The normalized spacial score (nSPS) is 17.7. The van der Waals surface area contributed by atoms with Crippen molar-refractivity contribution in [3.8, 4) is 0 Å². The molecule has 2 saturated heterocycles. The first-order valence-corrected chi connectivity index (χ1v) is 12.5. The van der Waals surface area contributed by atoms with Crippen LogP contribution in [0.15, 0.2) is 53.4 Å². The number of ether oxygens (including phenoxy) is 1. The summed E-state index contributed by atoms with van der Waals surface area (Å²) in [5.41, 5.74) is 2.22. The van der Waals surface area contributed by atoms with Crippen LogP contribution in [0.3, 0.4) is 0 Å². The van der Waals surface area contributed by atoms with Crippen LogP contribution in [0, 0.1) is 0 Å². The second-order valence-electron chi connectivity index (χ2n) is 8.01. The summed E-state index contributed by atoms with van der Waals surface area (Å²) in [7, 11) is -3.57. The average Bonchev–Trinajstić information content (AvgIpc) is 2.84. The van der Waals surface area contributed by atoms with Crippen molar-refractivity contribution in [1.29, 1.82) is 0 Å². The minimum atomic E-state index is -3.57. The number of rotatable bonds is 7. The highest BCUT2D eigenvalue weighted by atomic mass is 32.2. The number of nitrogens with one attached hydrogen (secondary N) is 2. The number of nitrogens with zero attached hydrogens (tertiary/aromatic N) is 2. The van der Waals surface area contributed by atoms with Gasteiger partial charge in [-0.1, -0.05) is 24.6 Å². The summed E-state index contributed by atoms with van der Waals surface area (Å²) in [6.07, 6.45) is 2.83. The number of piperidine rings is 1. The molecule has 1 amide bonds. The van der Waals surface area contributed by atoms with Crippen LogP contribution in [-0.4, -0.2) is 64.6 Å². The summed E-state index contributed by atoms with van der Waals surface area (Å²) in [6.45, 7) is 3.78. The molecule has 2 fully saturated rings. The summed E-state index contributed by atoms with van der Waals surface area (Å²) >= 11 is 0. The number of hydrogen-bond donors (Lipinski definition) is 2. The van der Waals surface area contributed by atoms with Gasteiger partial charge >= 0.3 is 0 Å². The van der Waals surface area contributed by atoms with Crippen molar-refractivity contribution in [2.24, 2.45) is 0 Å². The topological polar surface area (TPSA) is 91.0 Å².